The van der Waals surface area contributed by atoms with Crippen molar-refractivity contribution < 1.29 is 14.2 Å². The normalized spacial score (nSPS) is 20.7. The monoisotopic (exact) mass is 532 g/mol. The van der Waals surface area contributed by atoms with Crippen molar-refractivity contribution in [1.29, 1.82) is 0 Å². The largest absolute Gasteiger partial charge is 0.491 e. The van der Waals surface area contributed by atoms with E-state index in [9.17, 15) is 0 Å². The fraction of sp³-hybridized carbons (Fsp3) is 0.208. The van der Waals surface area contributed by atoms with Crippen molar-refractivity contribution in [2.45, 2.75) is 18.4 Å². The topological polar surface area (TPSA) is 45.5 Å². The number of imidazole rings is 1. The molecule has 2 atom stereocenters. The van der Waals surface area contributed by atoms with Crippen molar-refractivity contribution in [1.82, 2.24) is 9.55 Å². The Morgan fingerprint density at radius 2 is 1.94 bits per heavy atom. The minimum absolute atomic E-state index is 0.272. The molecular formula is C24H19BrCl2N2O3. The van der Waals surface area contributed by atoms with Gasteiger partial charge in [0.25, 0.3) is 0 Å². The molecular weight excluding hydrogens is 515 g/mol. The van der Waals surface area contributed by atoms with Crippen LogP contribution in [-0.4, -0.2) is 28.9 Å². The molecule has 1 aliphatic rings. The van der Waals surface area contributed by atoms with E-state index in [2.05, 4.69) is 33.0 Å². The second kappa shape index (κ2) is 9.04. The van der Waals surface area contributed by atoms with Gasteiger partial charge in [-0.15, -0.1) is 0 Å². The molecule has 0 amide bonds. The van der Waals surface area contributed by atoms with Crippen LogP contribution in [0.3, 0.4) is 0 Å². The molecule has 5 rings (SSSR count). The zero-order valence-electron chi connectivity index (χ0n) is 16.9. The first-order valence-electron chi connectivity index (χ1n) is 10.1. The lowest BCUT2D eigenvalue weighted by molar-refractivity contribution is -0.189. The second-order valence-corrected chi connectivity index (χ2v) is 9.39. The van der Waals surface area contributed by atoms with Crippen LogP contribution in [0.25, 0.3) is 10.8 Å². The van der Waals surface area contributed by atoms with E-state index in [-0.39, 0.29) is 6.10 Å². The van der Waals surface area contributed by atoms with Gasteiger partial charge >= 0.3 is 0 Å². The van der Waals surface area contributed by atoms with Gasteiger partial charge in [-0.25, -0.2) is 4.98 Å². The Hall–Kier alpha value is -2.09. The summed E-state index contributed by atoms with van der Waals surface area (Å²) in [5, 5.41) is 3.29. The second-order valence-electron chi connectivity index (χ2n) is 7.63. The number of benzene rings is 3. The number of halogens is 3. The summed E-state index contributed by atoms with van der Waals surface area (Å²) in [4.78, 5) is 4.12. The maximum Gasteiger partial charge on any atom is 0.215 e. The summed E-state index contributed by atoms with van der Waals surface area (Å²) in [6.07, 6.45) is 5.02. The summed E-state index contributed by atoms with van der Waals surface area (Å²) in [5.41, 5.74) is 0.719. The molecule has 4 aromatic rings. The van der Waals surface area contributed by atoms with Crippen LogP contribution in [0.1, 0.15) is 5.56 Å². The minimum atomic E-state index is -1.06. The first-order chi connectivity index (χ1) is 15.5. The van der Waals surface area contributed by atoms with Crippen LogP contribution in [0, 0.1) is 0 Å². The van der Waals surface area contributed by atoms with Gasteiger partial charge in [0.05, 0.1) is 24.5 Å². The fourth-order valence-corrected chi connectivity index (χ4v) is 4.78. The number of hydrogen-bond donors (Lipinski definition) is 0. The van der Waals surface area contributed by atoms with E-state index in [4.69, 9.17) is 37.4 Å². The van der Waals surface area contributed by atoms with E-state index in [0.29, 0.717) is 29.8 Å². The molecule has 3 aromatic carbocycles. The van der Waals surface area contributed by atoms with Crippen LogP contribution in [0.15, 0.2) is 77.8 Å². The molecule has 1 saturated heterocycles. The average Bonchev–Trinajstić information content (AvgIpc) is 3.43. The van der Waals surface area contributed by atoms with Gasteiger partial charge in [-0.05, 0) is 47.2 Å². The predicted octanol–water partition coefficient (Wildman–Crippen LogP) is 6.45. The lowest BCUT2D eigenvalue weighted by Crippen LogP contribution is -2.34. The highest BCUT2D eigenvalue weighted by molar-refractivity contribution is 9.10. The Kier molecular flexibility index (Phi) is 6.14. The third-order valence-electron chi connectivity index (χ3n) is 5.36. The number of fused-ring (bicyclic) bond motifs is 1. The Balaban J connectivity index is 1.35. The van der Waals surface area contributed by atoms with Crippen molar-refractivity contribution >= 4 is 49.9 Å². The fourth-order valence-electron chi connectivity index (χ4n) is 3.85. The quantitative estimate of drug-likeness (QED) is 0.285. The Morgan fingerprint density at radius 3 is 2.75 bits per heavy atom. The predicted molar refractivity (Wildman–Crippen MR) is 128 cm³/mol. The van der Waals surface area contributed by atoms with Crippen molar-refractivity contribution in [3.8, 4) is 5.75 Å². The molecule has 0 saturated carbocycles. The van der Waals surface area contributed by atoms with Crippen molar-refractivity contribution in [3.05, 3.63) is 93.4 Å². The standard InChI is InChI=1S/C24H19BrCl2N2O3/c25-18-3-1-17-10-20(5-2-16(17)9-18)30-12-21-13-31-24(32-21,14-29-8-7-28-15-29)22-6-4-19(26)11-23(22)27/h1-11,15,21H,12-14H2. The summed E-state index contributed by atoms with van der Waals surface area (Å²) in [7, 11) is 0. The van der Waals surface area contributed by atoms with Crippen LogP contribution in [0.5, 0.6) is 5.75 Å². The number of aromatic nitrogens is 2. The molecule has 5 nitrogen and oxygen atoms in total. The zero-order valence-corrected chi connectivity index (χ0v) is 20.0. The molecule has 2 heterocycles. The van der Waals surface area contributed by atoms with E-state index >= 15 is 0 Å². The highest BCUT2D eigenvalue weighted by Gasteiger charge is 2.45. The van der Waals surface area contributed by atoms with Crippen LogP contribution in [-0.2, 0) is 21.8 Å². The van der Waals surface area contributed by atoms with Crippen molar-refractivity contribution in [2.24, 2.45) is 0 Å². The zero-order chi connectivity index (χ0) is 22.1. The molecule has 1 fully saturated rings. The highest BCUT2D eigenvalue weighted by atomic mass is 79.9. The molecule has 1 aromatic heterocycles. The van der Waals surface area contributed by atoms with Gasteiger partial charge in [0.1, 0.15) is 18.5 Å². The maximum atomic E-state index is 6.52. The van der Waals surface area contributed by atoms with Gasteiger partial charge in [0, 0.05) is 27.5 Å². The molecule has 0 aliphatic carbocycles. The van der Waals surface area contributed by atoms with E-state index in [1.165, 1.54) is 0 Å². The first kappa shape index (κ1) is 21.7. The summed E-state index contributed by atoms with van der Waals surface area (Å²) in [6, 6.07) is 17.5. The summed E-state index contributed by atoms with van der Waals surface area (Å²) in [6.45, 7) is 1.11. The van der Waals surface area contributed by atoms with Gasteiger partial charge < -0.3 is 18.8 Å². The van der Waals surface area contributed by atoms with E-state index in [1.54, 1.807) is 24.7 Å². The third kappa shape index (κ3) is 4.51. The SMILES string of the molecule is Clc1ccc(C2(Cn3ccnc3)OCC(COc3ccc4cc(Br)ccc4c3)O2)c(Cl)c1. The number of nitrogens with zero attached hydrogens (tertiary/aromatic N) is 2. The Bertz CT molecular complexity index is 1250. The third-order valence-corrected chi connectivity index (χ3v) is 6.40. The molecule has 0 bridgehead atoms. The van der Waals surface area contributed by atoms with Crippen LogP contribution in [0.4, 0.5) is 0 Å². The molecule has 1 aliphatic heterocycles. The average molecular weight is 534 g/mol. The summed E-state index contributed by atoms with van der Waals surface area (Å²) in [5.74, 6) is -0.286. The summed E-state index contributed by atoms with van der Waals surface area (Å²) < 4.78 is 21.6. The lowest BCUT2D eigenvalue weighted by atomic mass is 10.1. The Labute approximate surface area is 203 Å². The van der Waals surface area contributed by atoms with Gasteiger partial charge in [-0.2, -0.15) is 0 Å². The first-order valence-corrected chi connectivity index (χ1v) is 11.6. The van der Waals surface area contributed by atoms with Crippen molar-refractivity contribution in [3.63, 3.8) is 0 Å². The summed E-state index contributed by atoms with van der Waals surface area (Å²) >= 11 is 16.1. The molecule has 8 heteroatoms. The molecule has 164 valence electrons. The van der Waals surface area contributed by atoms with Gasteiger partial charge in [-0.3, -0.25) is 0 Å². The molecule has 0 radical (unpaired) electrons. The Morgan fingerprint density at radius 1 is 1.09 bits per heavy atom. The molecule has 2 unspecified atom stereocenters. The molecule has 0 N–H and O–H groups in total. The van der Waals surface area contributed by atoms with E-state index < -0.39 is 5.79 Å². The maximum absolute atomic E-state index is 6.52. The number of hydrogen-bond acceptors (Lipinski definition) is 4. The molecule has 0 spiro atoms. The number of ether oxygens (including phenoxy) is 3. The van der Waals surface area contributed by atoms with Crippen LogP contribution >= 0.6 is 39.1 Å². The lowest BCUT2D eigenvalue weighted by Gasteiger charge is -2.30. The van der Waals surface area contributed by atoms with E-state index in [1.807, 2.05) is 41.1 Å². The van der Waals surface area contributed by atoms with Gasteiger partial charge in [0.2, 0.25) is 5.79 Å². The highest BCUT2D eigenvalue weighted by Crippen LogP contribution is 2.40. The van der Waals surface area contributed by atoms with Crippen LogP contribution in [0.2, 0.25) is 10.0 Å². The van der Waals surface area contributed by atoms with Gasteiger partial charge in [-0.1, -0.05) is 57.3 Å². The van der Waals surface area contributed by atoms with Gasteiger partial charge in [0.15, 0.2) is 0 Å². The smallest absolute Gasteiger partial charge is 0.215 e. The number of rotatable bonds is 6. The molecule has 32 heavy (non-hydrogen) atoms. The van der Waals surface area contributed by atoms with Crippen molar-refractivity contribution in [2.75, 3.05) is 13.2 Å². The van der Waals surface area contributed by atoms with Crippen LogP contribution < -0.4 is 4.74 Å². The van der Waals surface area contributed by atoms with E-state index in [0.717, 1.165) is 26.6 Å². The minimum Gasteiger partial charge on any atom is -0.491 e.